The molecular formula is C44H67NO12. The number of aliphatic hydroxyl groups excluding tert-OH is 2. The number of amides is 1. The summed E-state index contributed by atoms with van der Waals surface area (Å²) in [5, 5.41) is 26.9. The van der Waals surface area contributed by atoms with E-state index in [9.17, 15) is 29.4 Å². The average Bonchev–Trinajstić information content (AvgIpc) is 3.09. The van der Waals surface area contributed by atoms with Crippen molar-refractivity contribution in [3.8, 4) is 0 Å². The summed E-state index contributed by atoms with van der Waals surface area (Å²) in [4.78, 5) is 64.7. The Bertz CT molecular complexity index is 1660. The van der Waals surface area contributed by atoms with Gasteiger partial charge in [0.25, 0.3) is 0 Å². The standard InChI is InChI=1S/C44H67NO12/c1-22-14-19-44(39(52)45-38-37(56-27(6)49)36(55-26(5)48)35(54-25(4)47)29(57-38)21-53-24(3)46)33(51)20-43(11)28(34(44)23(22)2)12-13-31-41(9)17-16-32(50)40(7,8)30(41)15-18-42(31,43)10/h12,22-23,29-38,50-51H,13-21H2,1-11H3,(H,45,52)/t22-,23+,29?,30?,31?,32+,33-,34?,35-,36?,37?,38+,41+,42-,43-,44+/m1/s1. The van der Waals surface area contributed by atoms with Gasteiger partial charge in [-0.25, -0.2) is 0 Å². The molecule has 0 aromatic rings. The molecule has 6 rings (SSSR count). The first kappa shape index (κ1) is 43.5. The first-order valence-corrected chi connectivity index (χ1v) is 21.1. The molecule has 57 heavy (non-hydrogen) atoms. The van der Waals surface area contributed by atoms with Crippen molar-refractivity contribution in [3.63, 3.8) is 0 Å². The molecule has 16 atom stereocenters. The number of nitrogens with one attached hydrogen (secondary N) is 1. The lowest BCUT2D eigenvalue weighted by Gasteiger charge is -2.72. The van der Waals surface area contributed by atoms with Gasteiger partial charge in [-0.05, 0) is 96.7 Å². The van der Waals surface area contributed by atoms with Crippen molar-refractivity contribution in [1.29, 1.82) is 0 Å². The number of ether oxygens (including phenoxy) is 5. The molecule has 1 heterocycles. The van der Waals surface area contributed by atoms with E-state index in [1.54, 1.807) is 0 Å². The maximum absolute atomic E-state index is 15.3. The molecule has 0 aromatic carbocycles. The highest BCUT2D eigenvalue weighted by atomic mass is 16.7. The van der Waals surface area contributed by atoms with Crippen LogP contribution in [0.1, 0.15) is 128 Å². The molecule has 1 amide bonds. The number of hydrogen-bond donors (Lipinski definition) is 3. The Morgan fingerprint density at radius 3 is 2.00 bits per heavy atom. The van der Waals surface area contributed by atoms with Crippen LogP contribution in [0.25, 0.3) is 0 Å². The van der Waals surface area contributed by atoms with E-state index in [0.717, 1.165) is 52.9 Å². The van der Waals surface area contributed by atoms with E-state index in [1.165, 1.54) is 12.5 Å². The molecule has 1 aliphatic heterocycles. The van der Waals surface area contributed by atoms with E-state index >= 15 is 4.79 Å². The van der Waals surface area contributed by atoms with Gasteiger partial charge in [0.1, 0.15) is 12.7 Å². The van der Waals surface area contributed by atoms with Gasteiger partial charge in [-0.2, -0.15) is 0 Å². The fraction of sp³-hybridized carbons (Fsp3) is 0.841. The number of rotatable bonds is 7. The highest BCUT2D eigenvalue weighted by Crippen LogP contribution is 2.75. The summed E-state index contributed by atoms with van der Waals surface area (Å²) in [6.45, 7) is 20.2. The van der Waals surface area contributed by atoms with E-state index in [4.69, 9.17) is 23.7 Å². The van der Waals surface area contributed by atoms with Gasteiger partial charge in [-0.3, -0.25) is 24.0 Å². The normalized spacial score (nSPS) is 45.9. The van der Waals surface area contributed by atoms with E-state index < -0.39 is 84.0 Å². The van der Waals surface area contributed by atoms with Gasteiger partial charge in [0, 0.05) is 33.6 Å². The Balaban J connectivity index is 1.41. The van der Waals surface area contributed by atoms with Crippen molar-refractivity contribution in [1.82, 2.24) is 5.32 Å². The molecule has 4 saturated carbocycles. The second-order valence-corrected chi connectivity index (χ2v) is 19.9. The zero-order chi connectivity index (χ0) is 42.2. The second-order valence-electron chi connectivity index (χ2n) is 19.9. The van der Waals surface area contributed by atoms with Gasteiger partial charge < -0.3 is 39.2 Å². The number of hydrogen-bond acceptors (Lipinski definition) is 12. The van der Waals surface area contributed by atoms with Crippen LogP contribution in [0.5, 0.6) is 0 Å². The summed E-state index contributed by atoms with van der Waals surface area (Å²) < 4.78 is 28.5. The van der Waals surface area contributed by atoms with Crippen LogP contribution in [0.4, 0.5) is 0 Å². The Morgan fingerprint density at radius 2 is 1.39 bits per heavy atom. The maximum atomic E-state index is 15.3. The fourth-order valence-corrected chi connectivity index (χ4v) is 13.6. The number of allylic oxidation sites excluding steroid dienone is 2. The lowest BCUT2D eigenvalue weighted by molar-refractivity contribution is -0.259. The molecule has 0 spiro atoms. The summed E-state index contributed by atoms with van der Waals surface area (Å²) >= 11 is 0. The van der Waals surface area contributed by atoms with Crippen molar-refractivity contribution in [2.24, 2.45) is 56.7 Å². The monoisotopic (exact) mass is 801 g/mol. The summed E-state index contributed by atoms with van der Waals surface area (Å²) in [6, 6.07) is 0. The molecule has 0 radical (unpaired) electrons. The summed E-state index contributed by atoms with van der Waals surface area (Å²) in [6.07, 6.45) is 0.0773. The second kappa shape index (κ2) is 15.2. The third-order valence-corrected chi connectivity index (χ3v) is 16.7. The molecule has 0 bridgehead atoms. The molecular weight excluding hydrogens is 734 g/mol. The third-order valence-electron chi connectivity index (χ3n) is 16.7. The highest BCUT2D eigenvalue weighted by molar-refractivity contribution is 5.85. The maximum Gasteiger partial charge on any atom is 0.303 e. The SMILES string of the molecule is CC(=O)OCC1O[C@H](NC(=O)[C@]23CC[C@@H](C)[C@H](C)C2C2=CCC4[C@@]5(C)CC[C@H](O)C(C)(C)C5CC[C@@]4(C)[C@]2(C)C[C@H]3O)C(OC(C)=O)C(OC(C)=O)[C@@H]1OC(C)=O. The molecule has 0 aromatic heterocycles. The zero-order valence-corrected chi connectivity index (χ0v) is 35.8. The number of fused-ring (bicyclic) bond motifs is 7. The Kier molecular flexibility index (Phi) is 11.6. The number of carbonyl (C=O) groups excluding carboxylic acids is 5. The summed E-state index contributed by atoms with van der Waals surface area (Å²) in [5.74, 6) is -2.76. The van der Waals surface area contributed by atoms with Crippen LogP contribution in [-0.2, 0) is 47.7 Å². The van der Waals surface area contributed by atoms with Crippen LogP contribution in [0, 0.1) is 56.7 Å². The first-order chi connectivity index (χ1) is 26.4. The molecule has 5 fully saturated rings. The Labute approximate surface area is 337 Å². The van der Waals surface area contributed by atoms with Crippen molar-refractivity contribution in [2.75, 3.05) is 6.61 Å². The van der Waals surface area contributed by atoms with Crippen LogP contribution in [0.2, 0.25) is 0 Å². The van der Waals surface area contributed by atoms with Gasteiger partial charge >= 0.3 is 23.9 Å². The van der Waals surface area contributed by atoms with E-state index in [0.29, 0.717) is 31.1 Å². The molecule has 1 saturated heterocycles. The van der Waals surface area contributed by atoms with Crippen LogP contribution in [-0.4, -0.2) is 89.5 Å². The third kappa shape index (κ3) is 6.92. The predicted octanol–water partition coefficient (Wildman–Crippen LogP) is 5.18. The van der Waals surface area contributed by atoms with Crippen LogP contribution >= 0.6 is 0 Å². The summed E-state index contributed by atoms with van der Waals surface area (Å²) in [7, 11) is 0. The van der Waals surface area contributed by atoms with Gasteiger partial charge in [0.15, 0.2) is 24.5 Å². The van der Waals surface area contributed by atoms with Crippen molar-refractivity contribution >= 4 is 29.8 Å². The minimum atomic E-state index is -1.46. The van der Waals surface area contributed by atoms with E-state index in [2.05, 4.69) is 59.9 Å². The molecule has 13 heteroatoms. The van der Waals surface area contributed by atoms with Crippen LogP contribution < -0.4 is 5.32 Å². The summed E-state index contributed by atoms with van der Waals surface area (Å²) in [5.41, 5.74) is -0.863. The number of carbonyl (C=O) groups is 5. The lowest BCUT2D eigenvalue weighted by atomic mass is 9.33. The minimum Gasteiger partial charge on any atom is -0.463 e. The quantitative estimate of drug-likeness (QED) is 0.175. The molecule has 6 aliphatic rings. The Hall–Kier alpha value is -3.03. The smallest absolute Gasteiger partial charge is 0.303 e. The molecule has 6 unspecified atom stereocenters. The molecule has 3 N–H and O–H groups in total. The van der Waals surface area contributed by atoms with E-state index in [-0.39, 0.29) is 40.1 Å². The molecule has 13 nitrogen and oxygen atoms in total. The van der Waals surface area contributed by atoms with Gasteiger partial charge in [-0.1, -0.05) is 60.1 Å². The predicted molar refractivity (Wildman–Crippen MR) is 206 cm³/mol. The van der Waals surface area contributed by atoms with Crippen LogP contribution in [0.15, 0.2) is 11.6 Å². The number of aliphatic hydroxyl groups is 2. The topological polar surface area (TPSA) is 184 Å². The van der Waals surface area contributed by atoms with Crippen molar-refractivity contribution in [3.05, 3.63) is 11.6 Å². The largest absolute Gasteiger partial charge is 0.463 e. The van der Waals surface area contributed by atoms with Crippen LogP contribution in [0.3, 0.4) is 0 Å². The molecule has 5 aliphatic carbocycles. The molecule has 320 valence electrons. The fourth-order valence-electron chi connectivity index (χ4n) is 13.6. The van der Waals surface area contributed by atoms with Crippen molar-refractivity contribution < 1.29 is 57.9 Å². The van der Waals surface area contributed by atoms with Crippen molar-refractivity contribution in [2.45, 2.75) is 170 Å². The van der Waals surface area contributed by atoms with E-state index in [1.807, 2.05) is 0 Å². The minimum absolute atomic E-state index is 0.00175. The average molecular weight is 802 g/mol. The number of esters is 4. The zero-order valence-electron chi connectivity index (χ0n) is 35.8. The first-order valence-electron chi connectivity index (χ1n) is 21.1. The Morgan fingerprint density at radius 1 is 0.772 bits per heavy atom. The van der Waals surface area contributed by atoms with Gasteiger partial charge in [0.05, 0.1) is 17.6 Å². The van der Waals surface area contributed by atoms with Gasteiger partial charge in [0.2, 0.25) is 5.91 Å². The van der Waals surface area contributed by atoms with Gasteiger partial charge in [-0.15, -0.1) is 0 Å². The lowest BCUT2D eigenvalue weighted by Crippen LogP contribution is -2.71. The highest BCUT2D eigenvalue weighted by Gasteiger charge is 2.71.